The second-order valence-electron chi connectivity index (χ2n) is 12.0. The molecule has 0 fully saturated rings. The Bertz CT molecular complexity index is 3040. The Kier molecular flexibility index (Phi) is 4.72. The molecule has 11 aromatic rings. The van der Waals surface area contributed by atoms with Gasteiger partial charge in [-0.05, 0) is 54.1 Å². The Morgan fingerprint density at radius 2 is 1.15 bits per heavy atom. The first-order valence-electron chi connectivity index (χ1n) is 15.5. The molecule has 0 atom stereocenters. The summed E-state index contributed by atoms with van der Waals surface area (Å²) in [5, 5.41) is 9.42. The Labute approximate surface area is 266 Å². The van der Waals surface area contributed by atoms with Gasteiger partial charge in [-0.1, -0.05) is 91.0 Å². The first kappa shape index (κ1) is 24.5. The largest absolute Gasteiger partial charge is 0.455 e. The lowest BCUT2D eigenvalue weighted by atomic mass is 10.00. The van der Waals surface area contributed by atoms with Crippen molar-refractivity contribution in [3.8, 4) is 16.8 Å². The summed E-state index contributed by atoms with van der Waals surface area (Å²) in [5.41, 5.74) is 9.25. The fraction of sp³-hybridized carbons (Fsp3) is 0. The van der Waals surface area contributed by atoms with Crippen LogP contribution >= 0.6 is 11.3 Å². The number of benzene rings is 7. The molecule has 0 spiro atoms. The monoisotopic (exact) mass is 605 g/mol. The zero-order chi connectivity index (χ0) is 29.9. The van der Waals surface area contributed by atoms with Crippen LogP contribution in [0.15, 0.2) is 148 Å². The van der Waals surface area contributed by atoms with Gasteiger partial charge in [0.15, 0.2) is 5.58 Å². The summed E-state index contributed by atoms with van der Waals surface area (Å²) >= 11 is 1.82. The molecule has 0 aliphatic rings. The maximum Gasteiger partial charge on any atom is 0.159 e. The second-order valence-corrected chi connectivity index (χ2v) is 13.1. The molecule has 0 saturated heterocycles. The Morgan fingerprint density at radius 1 is 0.435 bits per heavy atom. The van der Waals surface area contributed by atoms with E-state index in [0.29, 0.717) is 0 Å². The van der Waals surface area contributed by atoms with Crippen molar-refractivity contribution in [1.82, 2.24) is 4.57 Å². The summed E-state index contributed by atoms with van der Waals surface area (Å²) in [6.07, 6.45) is 0. The van der Waals surface area contributed by atoms with Crippen LogP contribution in [-0.2, 0) is 0 Å². The second kappa shape index (κ2) is 8.87. The zero-order valence-electron chi connectivity index (χ0n) is 24.5. The third-order valence-electron chi connectivity index (χ3n) is 9.61. The van der Waals surface area contributed by atoms with Gasteiger partial charge in [0.1, 0.15) is 16.7 Å². The van der Waals surface area contributed by atoms with E-state index in [0.717, 1.165) is 71.7 Å². The smallest absolute Gasteiger partial charge is 0.159 e. The van der Waals surface area contributed by atoms with Crippen LogP contribution in [0, 0.1) is 0 Å². The SMILES string of the molecule is c1ccc2c(c1)oc1c(-n3c4ccccc4c4cc(-c5cccc6c5oc5c6ccc6sc7ccccc7c65)ccc43)cccc12. The average molecular weight is 606 g/mol. The van der Waals surface area contributed by atoms with Crippen LogP contribution in [0.1, 0.15) is 0 Å². The van der Waals surface area contributed by atoms with E-state index in [-0.39, 0.29) is 0 Å². The molecule has 46 heavy (non-hydrogen) atoms. The predicted molar refractivity (Wildman–Crippen MR) is 194 cm³/mol. The standard InChI is InChI=1S/C42H23NO2S/c1-4-15-33-26(9-1)32-23-24(19-21-34(32)43(33)35-16-8-14-28-27-10-2-5-17-36(27)44-41(28)35)25-12-7-13-29-30-20-22-38-39(42(30)45-40(25)29)31-11-3-6-18-37(31)46-38/h1-23H. The first-order chi connectivity index (χ1) is 22.8. The highest BCUT2D eigenvalue weighted by molar-refractivity contribution is 7.26. The van der Waals surface area contributed by atoms with Crippen LogP contribution in [0.5, 0.6) is 0 Å². The van der Waals surface area contributed by atoms with E-state index in [4.69, 9.17) is 8.83 Å². The molecular formula is C42H23NO2S. The van der Waals surface area contributed by atoms with Crippen LogP contribution in [0.3, 0.4) is 0 Å². The molecule has 3 nitrogen and oxygen atoms in total. The van der Waals surface area contributed by atoms with Crippen molar-refractivity contribution < 1.29 is 8.83 Å². The summed E-state index contributed by atoms with van der Waals surface area (Å²) in [6.45, 7) is 0. The van der Waals surface area contributed by atoms with E-state index < -0.39 is 0 Å². The van der Waals surface area contributed by atoms with E-state index in [2.05, 4.69) is 132 Å². The quantitative estimate of drug-likeness (QED) is 0.196. The van der Waals surface area contributed by atoms with Gasteiger partial charge < -0.3 is 13.4 Å². The van der Waals surface area contributed by atoms with E-state index in [1.807, 2.05) is 23.5 Å². The molecule has 4 heterocycles. The predicted octanol–water partition coefficient (Wildman–Crippen LogP) is 12.6. The summed E-state index contributed by atoms with van der Waals surface area (Å²) in [6, 6.07) is 49.8. The van der Waals surface area contributed by atoms with E-state index >= 15 is 0 Å². The van der Waals surface area contributed by atoms with Crippen LogP contribution in [0.4, 0.5) is 0 Å². The molecule has 7 aromatic carbocycles. The highest BCUT2D eigenvalue weighted by Gasteiger charge is 2.20. The lowest BCUT2D eigenvalue weighted by Gasteiger charge is -2.09. The minimum absolute atomic E-state index is 0.898. The average Bonchev–Trinajstić information content (AvgIpc) is 3.86. The molecule has 0 amide bonds. The van der Waals surface area contributed by atoms with Gasteiger partial charge in [0.05, 0.1) is 16.7 Å². The molecule has 11 rings (SSSR count). The maximum atomic E-state index is 6.86. The van der Waals surface area contributed by atoms with Crippen LogP contribution < -0.4 is 0 Å². The lowest BCUT2D eigenvalue weighted by molar-refractivity contribution is 0.666. The number of furan rings is 2. The van der Waals surface area contributed by atoms with Crippen molar-refractivity contribution >= 4 is 97.2 Å². The highest BCUT2D eigenvalue weighted by atomic mass is 32.1. The topological polar surface area (TPSA) is 31.2 Å². The summed E-state index contributed by atoms with van der Waals surface area (Å²) in [4.78, 5) is 0. The minimum Gasteiger partial charge on any atom is -0.455 e. The van der Waals surface area contributed by atoms with E-state index in [1.165, 1.54) is 30.9 Å². The molecule has 214 valence electrons. The van der Waals surface area contributed by atoms with Gasteiger partial charge in [-0.15, -0.1) is 11.3 Å². The number of nitrogens with zero attached hydrogens (tertiary/aromatic N) is 1. The number of fused-ring (bicyclic) bond motifs is 13. The van der Waals surface area contributed by atoms with Gasteiger partial charge in [0, 0.05) is 58.1 Å². The first-order valence-corrected chi connectivity index (χ1v) is 16.3. The molecule has 0 aliphatic heterocycles. The van der Waals surface area contributed by atoms with Crippen molar-refractivity contribution in [3.63, 3.8) is 0 Å². The van der Waals surface area contributed by atoms with Crippen LogP contribution in [0.2, 0.25) is 0 Å². The third-order valence-corrected chi connectivity index (χ3v) is 10.7. The number of para-hydroxylation sites is 4. The van der Waals surface area contributed by atoms with Gasteiger partial charge in [-0.2, -0.15) is 0 Å². The Hall–Kier alpha value is -5.84. The number of thiophene rings is 1. The minimum atomic E-state index is 0.898. The zero-order valence-corrected chi connectivity index (χ0v) is 25.3. The van der Waals surface area contributed by atoms with Crippen molar-refractivity contribution in [3.05, 3.63) is 140 Å². The molecule has 0 bridgehead atoms. The summed E-state index contributed by atoms with van der Waals surface area (Å²) in [7, 11) is 0. The molecule has 0 unspecified atom stereocenters. The third kappa shape index (κ3) is 3.16. The lowest BCUT2D eigenvalue weighted by Crippen LogP contribution is -1.94. The van der Waals surface area contributed by atoms with Crippen LogP contribution in [-0.4, -0.2) is 4.57 Å². The Morgan fingerprint density at radius 3 is 2.09 bits per heavy atom. The normalized spacial score (nSPS) is 12.3. The van der Waals surface area contributed by atoms with Crippen molar-refractivity contribution in [2.45, 2.75) is 0 Å². The van der Waals surface area contributed by atoms with Crippen molar-refractivity contribution in [2.75, 3.05) is 0 Å². The van der Waals surface area contributed by atoms with Gasteiger partial charge >= 0.3 is 0 Å². The fourth-order valence-corrected chi connectivity index (χ4v) is 8.70. The maximum absolute atomic E-state index is 6.86. The van der Waals surface area contributed by atoms with Gasteiger partial charge in [0.25, 0.3) is 0 Å². The molecule has 4 aromatic heterocycles. The fourth-order valence-electron chi connectivity index (χ4n) is 7.60. The number of hydrogen-bond acceptors (Lipinski definition) is 3. The van der Waals surface area contributed by atoms with Gasteiger partial charge in [-0.25, -0.2) is 0 Å². The summed E-state index contributed by atoms with van der Waals surface area (Å²) in [5.74, 6) is 0. The number of aromatic nitrogens is 1. The molecule has 0 N–H and O–H groups in total. The van der Waals surface area contributed by atoms with Gasteiger partial charge in [-0.3, -0.25) is 0 Å². The molecule has 4 heteroatoms. The summed E-state index contributed by atoms with van der Waals surface area (Å²) < 4.78 is 18.2. The van der Waals surface area contributed by atoms with E-state index in [1.54, 1.807) is 0 Å². The van der Waals surface area contributed by atoms with Crippen molar-refractivity contribution in [2.24, 2.45) is 0 Å². The van der Waals surface area contributed by atoms with Gasteiger partial charge in [0.2, 0.25) is 0 Å². The van der Waals surface area contributed by atoms with Crippen molar-refractivity contribution in [1.29, 1.82) is 0 Å². The number of hydrogen-bond donors (Lipinski definition) is 0. The van der Waals surface area contributed by atoms with E-state index in [9.17, 15) is 0 Å². The molecule has 0 radical (unpaired) electrons. The molecule has 0 saturated carbocycles. The number of rotatable bonds is 2. The van der Waals surface area contributed by atoms with Crippen LogP contribution in [0.25, 0.3) is 103 Å². The molecule has 0 aliphatic carbocycles. The highest BCUT2D eigenvalue weighted by Crippen LogP contribution is 2.45. The molecular weight excluding hydrogens is 583 g/mol. The Balaban J connectivity index is 1.18.